The molecule has 37 heavy (non-hydrogen) atoms. The van der Waals surface area contributed by atoms with Crippen molar-refractivity contribution in [2.45, 2.75) is 50.6 Å². The molecule has 192 valence electrons. The van der Waals surface area contributed by atoms with Crippen LogP contribution in [0.3, 0.4) is 0 Å². The van der Waals surface area contributed by atoms with Gasteiger partial charge in [-0.3, -0.25) is 14.4 Å². The molecule has 2 fully saturated rings. The third-order valence-corrected chi connectivity index (χ3v) is 8.27. The third-order valence-electron chi connectivity index (χ3n) is 7.77. The van der Waals surface area contributed by atoms with Gasteiger partial charge in [0, 0.05) is 46.6 Å². The van der Waals surface area contributed by atoms with E-state index in [4.69, 9.17) is 0 Å². The summed E-state index contributed by atoms with van der Waals surface area (Å²) in [5.41, 5.74) is 2.86. The zero-order chi connectivity index (χ0) is 25.9. The van der Waals surface area contributed by atoms with Crippen molar-refractivity contribution in [2.75, 3.05) is 13.1 Å². The molecule has 1 aromatic heterocycles. The highest BCUT2D eigenvalue weighted by Gasteiger charge is 2.31. The maximum atomic E-state index is 13.7. The molecule has 1 saturated heterocycles. The number of aromatic nitrogens is 1. The molecule has 1 aliphatic heterocycles. The summed E-state index contributed by atoms with van der Waals surface area (Å²) >= 11 is 3.55. The number of halogens is 1. The van der Waals surface area contributed by atoms with Crippen molar-refractivity contribution < 1.29 is 14.4 Å². The molecule has 2 amide bonds. The predicted octanol–water partition coefficient (Wildman–Crippen LogP) is 5.46. The molecule has 1 N–H and O–H groups in total. The van der Waals surface area contributed by atoms with Gasteiger partial charge in [-0.25, -0.2) is 0 Å². The van der Waals surface area contributed by atoms with Gasteiger partial charge in [0.1, 0.15) is 6.54 Å². The van der Waals surface area contributed by atoms with Gasteiger partial charge in [0.05, 0.1) is 6.04 Å². The topological polar surface area (TPSA) is 71.4 Å². The number of carbonyl (C=O) groups excluding carboxylic acids is 3. The zero-order valence-corrected chi connectivity index (χ0v) is 22.5. The zero-order valence-electron chi connectivity index (χ0n) is 20.9. The monoisotopic (exact) mass is 561 g/mol. The number of amides is 2. The van der Waals surface area contributed by atoms with Crippen LogP contribution < -0.4 is 5.32 Å². The van der Waals surface area contributed by atoms with Gasteiger partial charge in [-0.2, -0.15) is 0 Å². The Kier molecular flexibility index (Phi) is 7.60. The Morgan fingerprint density at radius 3 is 2.57 bits per heavy atom. The van der Waals surface area contributed by atoms with Gasteiger partial charge in [-0.15, -0.1) is 0 Å². The van der Waals surface area contributed by atoms with Gasteiger partial charge in [0.25, 0.3) is 0 Å². The average molecular weight is 563 g/mol. The molecule has 1 saturated carbocycles. The number of benzene rings is 2. The lowest BCUT2D eigenvalue weighted by atomic mass is 9.73. The van der Waals surface area contributed by atoms with Gasteiger partial charge in [0.15, 0.2) is 5.78 Å². The Morgan fingerprint density at radius 1 is 1.05 bits per heavy atom. The second kappa shape index (κ2) is 11.1. The number of nitrogens with one attached hydrogen (secondary N) is 1. The van der Waals surface area contributed by atoms with E-state index in [9.17, 15) is 14.4 Å². The van der Waals surface area contributed by atoms with Crippen LogP contribution in [0.5, 0.6) is 0 Å². The van der Waals surface area contributed by atoms with E-state index in [1.807, 2.05) is 35.0 Å². The van der Waals surface area contributed by atoms with Crippen LogP contribution in [-0.4, -0.2) is 46.2 Å². The van der Waals surface area contributed by atoms with E-state index in [0.29, 0.717) is 36.9 Å². The van der Waals surface area contributed by atoms with Gasteiger partial charge in [-0.1, -0.05) is 65.7 Å². The van der Waals surface area contributed by atoms with Gasteiger partial charge in [-0.05, 0) is 54.5 Å². The molecule has 0 bridgehead atoms. The van der Waals surface area contributed by atoms with E-state index in [1.54, 1.807) is 4.90 Å². The quantitative estimate of drug-likeness (QED) is 0.293. The summed E-state index contributed by atoms with van der Waals surface area (Å²) in [7, 11) is 0. The molecular weight excluding hydrogens is 530 g/mol. The van der Waals surface area contributed by atoms with Gasteiger partial charge in [0.2, 0.25) is 11.8 Å². The number of hydrogen-bond acceptors (Lipinski definition) is 3. The highest BCUT2D eigenvalue weighted by molar-refractivity contribution is 9.10. The lowest BCUT2D eigenvalue weighted by Crippen LogP contribution is -2.61. The summed E-state index contributed by atoms with van der Waals surface area (Å²) in [6, 6.07) is 16.4. The predicted molar refractivity (Wildman–Crippen MR) is 148 cm³/mol. The fourth-order valence-electron chi connectivity index (χ4n) is 5.87. The standard InChI is InChI=1S/C30H32BrN3O3/c1-2-30(37)34-16-23(17-34)32-29(36)19-33-18-26(25-15-22(31)12-13-27(25)33)28(35)14-21-10-6-7-11-24(21)20-8-4-3-5-9-20/h2-5,8-9,12-13,15,18,21,23-24H,1,6-7,10-11,14,16-17,19H2,(H,32,36)/t21-,24-/m0/s1. The van der Waals surface area contributed by atoms with E-state index in [2.05, 4.69) is 52.1 Å². The highest BCUT2D eigenvalue weighted by Crippen LogP contribution is 2.40. The largest absolute Gasteiger partial charge is 0.348 e. The molecule has 2 aromatic carbocycles. The van der Waals surface area contributed by atoms with Crippen LogP contribution in [0.25, 0.3) is 10.9 Å². The Bertz CT molecular complexity index is 1330. The van der Waals surface area contributed by atoms with Crippen molar-refractivity contribution in [1.29, 1.82) is 0 Å². The summed E-state index contributed by atoms with van der Waals surface area (Å²) in [5, 5.41) is 3.86. The smallest absolute Gasteiger partial charge is 0.246 e. The Labute approximate surface area is 225 Å². The molecule has 5 rings (SSSR count). The number of carbonyl (C=O) groups is 3. The SMILES string of the molecule is C=CC(=O)N1CC(NC(=O)Cn2cc(C(=O)C[C@@H]3CCCC[C@H]3c3ccccc3)c3cc(Br)ccc32)C1. The Balaban J connectivity index is 1.32. The fourth-order valence-corrected chi connectivity index (χ4v) is 6.23. The minimum absolute atomic E-state index is 0.0605. The van der Waals surface area contributed by atoms with E-state index < -0.39 is 0 Å². The van der Waals surface area contributed by atoms with Crippen LogP contribution in [-0.2, 0) is 16.1 Å². The second-order valence-corrected chi connectivity index (χ2v) is 11.1. The lowest BCUT2D eigenvalue weighted by Gasteiger charge is -2.38. The first-order valence-electron chi connectivity index (χ1n) is 13.0. The molecule has 6 nitrogen and oxygen atoms in total. The molecule has 3 aromatic rings. The number of rotatable bonds is 8. The van der Waals surface area contributed by atoms with Gasteiger partial charge >= 0.3 is 0 Å². The molecule has 0 radical (unpaired) electrons. The van der Waals surface area contributed by atoms with Gasteiger partial charge < -0.3 is 14.8 Å². The highest BCUT2D eigenvalue weighted by atomic mass is 79.9. The van der Waals surface area contributed by atoms with Crippen LogP contribution in [0, 0.1) is 5.92 Å². The first-order chi connectivity index (χ1) is 17.9. The van der Waals surface area contributed by atoms with E-state index >= 15 is 0 Å². The summed E-state index contributed by atoms with van der Waals surface area (Å²) in [6.45, 7) is 4.60. The van der Waals surface area contributed by atoms with Crippen molar-refractivity contribution in [3.8, 4) is 0 Å². The van der Waals surface area contributed by atoms with Crippen LogP contribution in [0.15, 0.2) is 71.9 Å². The molecular formula is C30H32BrN3O3. The average Bonchev–Trinajstić information content (AvgIpc) is 3.23. The minimum Gasteiger partial charge on any atom is -0.348 e. The maximum Gasteiger partial charge on any atom is 0.246 e. The van der Waals surface area contributed by atoms with Crippen molar-refractivity contribution in [1.82, 2.24) is 14.8 Å². The normalized spacial score (nSPS) is 19.9. The van der Waals surface area contributed by atoms with Crippen molar-refractivity contribution in [2.24, 2.45) is 5.92 Å². The van der Waals surface area contributed by atoms with Crippen LogP contribution in [0.2, 0.25) is 0 Å². The van der Waals surface area contributed by atoms with Crippen molar-refractivity contribution in [3.63, 3.8) is 0 Å². The van der Waals surface area contributed by atoms with Crippen molar-refractivity contribution in [3.05, 3.63) is 83.0 Å². The molecule has 7 heteroatoms. The maximum absolute atomic E-state index is 13.7. The third kappa shape index (κ3) is 5.57. The fraction of sp³-hybridized carbons (Fsp3) is 0.367. The molecule has 0 spiro atoms. The van der Waals surface area contributed by atoms with Crippen LogP contribution in [0.4, 0.5) is 0 Å². The van der Waals surface area contributed by atoms with Crippen LogP contribution in [0.1, 0.15) is 53.9 Å². The molecule has 1 aliphatic carbocycles. The Hall–Kier alpha value is -3.19. The summed E-state index contributed by atoms with van der Waals surface area (Å²) in [5.74, 6) is 0.596. The van der Waals surface area contributed by atoms with Crippen molar-refractivity contribution >= 4 is 44.4 Å². The minimum atomic E-state index is -0.133. The van der Waals surface area contributed by atoms with E-state index in [-0.39, 0.29) is 30.2 Å². The number of nitrogens with zero attached hydrogens (tertiary/aromatic N) is 2. The summed E-state index contributed by atoms with van der Waals surface area (Å²) < 4.78 is 2.77. The first kappa shape index (κ1) is 25.5. The number of fused-ring (bicyclic) bond motifs is 1. The second-order valence-electron chi connectivity index (χ2n) is 10.2. The van der Waals surface area contributed by atoms with E-state index in [0.717, 1.165) is 34.6 Å². The molecule has 0 unspecified atom stereocenters. The number of hydrogen-bond donors (Lipinski definition) is 1. The molecule has 2 aliphatic rings. The number of Topliss-reactive ketones (excluding diaryl/α,β-unsaturated/α-hetero) is 1. The number of ketones is 1. The molecule has 2 heterocycles. The first-order valence-corrected chi connectivity index (χ1v) is 13.8. The summed E-state index contributed by atoms with van der Waals surface area (Å²) in [6.07, 6.45) is 8.17. The summed E-state index contributed by atoms with van der Waals surface area (Å²) in [4.78, 5) is 39.8. The van der Waals surface area contributed by atoms with Crippen LogP contribution >= 0.6 is 15.9 Å². The van der Waals surface area contributed by atoms with E-state index in [1.165, 1.54) is 18.1 Å². The number of likely N-dealkylation sites (tertiary alicyclic amines) is 1. The molecule has 2 atom stereocenters. The Morgan fingerprint density at radius 2 is 1.81 bits per heavy atom. The lowest BCUT2D eigenvalue weighted by molar-refractivity contribution is -0.133.